The summed E-state index contributed by atoms with van der Waals surface area (Å²) in [5.41, 5.74) is 10.1. The maximum atomic E-state index is 12.4. The molecule has 1 unspecified atom stereocenters. The Morgan fingerprint density at radius 2 is 2.03 bits per heavy atom. The van der Waals surface area contributed by atoms with Gasteiger partial charge in [0.15, 0.2) is 0 Å². The first-order valence-corrected chi connectivity index (χ1v) is 11.6. The van der Waals surface area contributed by atoms with Crippen molar-refractivity contribution in [2.45, 2.75) is 45.0 Å². The zero-order valence-corrected chi connectivity index (χ0v) is 19.3. The van der Waals surface area contributed by atoms with Crippen molar-refractivity contribution >= 4 is 23.6 Å². The third-order valence-electron chi connectivity index (χ3n) is 5.36. The summed E-state index contributed by atoms with van der Waals surface area (Å²) in [5, 5.41) is 8.52. The first kappa shape index (κ1) is 22.0. The van der Waals surface area contributed by atoms with E-state index in [0.29, 0.717) is 34.7 Å². The number of nitrogens with two attached hydrogens (primary N) is 1. The Labute approximate surface area is 192 Å². The lowest BCUT2D eigenvalue weighted by atomic mass is 9.95. The quantitative estimate of drug-likeness (QED) is 0.494. The van der Waals surface area contributed by atoms with Gasteiger partial charge < -0.3 is 15.8 Å². The number of carbonyl (C=O) groups is 1. The number of allylic oxidation sites excluding steroid dienone is 1. The maximum absolute atomic E-state index is 12.4. The monoisotopic (exact) mass is 449 g/mol. The molecule has 0 saturated carbocycles. The highest BCUT2D eigenvalue weighted by Gasteiger charge is 2.33. The second kappa shape index (κ2) is 9.48. The van der Waals surface area contributed by atoms with Crippen molar-refractivity contribution in [3.63, 3.8) is 0 Å². The summed E-state index contributed by atoms with van der Waals surface area (Å²) in [7, 11) is 0. The fraction of sp³-hybridized carbons (Fsp3) is 0.292. The van der Waals surface area contributed by atoms with Gasteiger partial charge in [0, 0.05) is 11.4 Å². The third kappa shape index (κ3) is 4.50. The third-order valence-corrected chi connectivity index (χ3v) is 6.41. The molecular formula is C24H27N5O2S. The molecule has 1 amide bonds. The minimum atomic E-state index is -0.491. The number of nitrogens with one attached hydrogen (secondary N) is 1. The molecule has 0 bridgehead atoms. The lowest BCUT2D eigenvalue weighted by Crippen LogP contribution is -2.31. The van der Waals surface area contributed by atoms with Crippen molar-refractivity contribution < 1.29 is 9.53 Å². The van der Waals surface area contributed by atoms with Gasteiger partial charge in [-0.1, -0.05) is 55.1 Å². The molecule has 166 valence electrons. The van der Waals surface area contributed by atoms with Gasteiger partial charge in [0.25, 0.3) is 0 Å². The number of anilines is 1. The van der Waals surface area contributed by atoms with Gasteiger partial charge in [-0.15, -0.1) is 5.10 Å². The number of benzene rings is 2. The van der Waals surface area contributed by atoms with E-state index in [0.717, 1.165) is 23.3 Å². The minimum Gasteiger partial charge on any atom is -0.489 e. The van der Waals surface area contributed by atoms with Crippen LogP contribution in [0.5, 0.6) is 5.75 Å². The van der Waals surface area contributed by atoms with E-state index in [4.69, 9.17) is 10.5 Å². The first-order valence-electron chi connectivity index (χ1n) is 10.6. The molecule has 1 aliphatic heterocycles. The van der Waals surface area contributed by atoms with Gasteiger partial charge in [-0.2, -0.15) is 4.98 Å². The van der Waals surface area contributed by atoms with Crippen LogP contribution in [0.1, 0.15) is 43.0 Å². The largest absolute Gasteiger partial charge is 0.489 e. The number of hydrogen-bond acceptors (Lipinski definition) is 6. The van der Waals surface area contributed by atoms with Gasteiger partial charge in [0.05, 0.1) is 5.57 Å². The van der Waals surface area contributed by atoms with Crippen LogP contribution in [0, 0.1) is 6.92 Å². The smallest absolute Gasteiger partial charge is 0.248 e. The van der Waals surface area contributed by atoms with Gasteiger partial charge in [0.2, 0.25) is 17.0 Å². The van der Waals surface area contributed by atoms with Crippen LogP contribution < -0.4 is 15.8 Å². The van der Waals surface area contributed by atoms with Crippen LogP contribution in [0.4, 0.5) is 5.95 Å². The van der Waals surface area contributed by atoms with Crippen molar-refractivity contribution in [1.82, 2.24) is 14.8 Å². The van der Waals surface area contributed by atoms with Crippen LogP contribution in [0.3, 0.4) is 0 Å². The average Bonchev–Trinajstić information content (AvgIpc) is 3.18. The van der Waals surface area contributed by atoms with Gasteiger partial charge in [-0.25, -0.2) is 4.68 Å². The number of primary amides is 1. The van der Waals surface area contributed by atoms with Crippen LogP contribution in [-0.2, 0) is 11.4 Å². The second-order valence-electron chi connectivity index (χ2n) is 7.73. The Balaban J connectivity index is 1.67. The lowest BCUT2D eigenvalue weighted by Gasteiger charge is -2.27. The molecule has 1 atom stereocenters. The van der Waals surface area contributed by atoms with Gasteiger partial charge in [-0.3, -0.25) is 4.79 Å². The van der Waals surface area contributed by atoms with E-state index in [1.807, 2.05) is 43.3 Å². The fourth-order valence-corrected chi connectivity index (χ4v) is 4.40. The standard InChI is InChI=1S/C24H27N5O2S/c1-4-12-32-24-27-23-26-16(3)20(22(25)30)21(29(23)28-24)17-10-7-11-19(13-17)31-14-18-9-6-5-8-15(18)2/h5-11,13,21H,4,12,14H2,1-3H3,(H2,25,30)(H,26,27,28). The van der Waals surface area contributed by atoms with Crippen molar-refractivity contribution in [3.05, 3.63) is 76.5 Å². The summed E-state index contributed by atoms with van der Waals surface area (Å²) < 4.78 is 7.82. The zero-order valence-electron chi connectivity index (χ0n) is 18.5. The number of carbonyl (C=O) groups excluding carboxylic acids is 1. The van der Waals surface area contributed by atoms with Gasteiger partial charge >= 0.3 is 0 Å². The van der Waals surface area contributed by atoms with Crippen molar-refractivity contribution in [1.29, 1.82) is 0 Å². The molecular weight excluding hydrogens is 422 g/mol. The molecule has 0 fully saturated rings. The van der Waals surface area contributed by atoms with Crippen molar-refractivity contribution in [3.8, 4) is 5.75 Å². The Morgan fingerprint density at radius 1 is 1.22 bits per heavy atom. The maximum Gasteiger partial charge on any atom is 0.248 e. The van der Waals surface area contributed by atoms with Crippen molar-refractivity contribution in [2.75, 3.05) is 11.1 Å². The number of aryl methyl sites for hydroxylation is 1. The number of aromatic nitrogens is 3. The molecule has 1 aromatic heterocycles. The summed E-state index contributed by atoms with van der Waals surface area (Å²) in [5.74, 6) is 1.75. The topological polar surface area (TPSA) is 95.1 Å². The van der Waals surface area contributed by atoms with E-state index in [-0.39, 0.29) is 0 Å². The van der Waals surface area contributed by atoms with Crippen molar-refractivity contribution in [2.24, 2.45) is 5.73 Å². The normalized spacial score (nSPS) is 15.3. The van der Waals surface area contributed by atoms with Crippen LogP contribution in [-0.4, -0.2) is 26.4 Å². The Hall–Kier alpha value is -3.26. The summed E-state index contributed by atoms with van der Waals surface area (Å²) in [6.45, 7) is 6.48. The van der Waals surface area contributed by atoms with Crippen LogP contribution in [0.2, 0.25) is 0 Å². The molecule has 0 spiro atoms. The summed E-state index contributed by atoms with van der Waals surface area (Å²) in [6.07, 6.45) is 1.02. The summed E-state index contributed by atoms with van der Waals surface area (Å²) >= 11 is 1.59. The lowest BCUT2D eigenvalue weighted by molar-refractivity contribution is -0.115. The fourth-order valence-electron chi connectivity index (χ4n) is 3.72. The van der Waals surface area contributed by atoms with Gasteiger partial charge in [0.1, 0.15) is 18.4 Å². The van der Waals surface area contributed by atoms with E-state index >= 15 is 0 Å². The predicted octanol–water partition coefficient (Wildman–Crippen LogP) is 4.44. The van der Waals surface area contributed by atoms with Gasteiger partial charge in [-0.05, 0) is 49.1 Å². The molecule has 2 aromatic carbocycles. The first-order chi connectivity index (χ1) is 15.5. The number of thioether (sulfide) groups is 1. The minimum absolute atomic E-state index is 0.463. The van der Waals surface area contributed by atoms with Crippen LogP contribution >= 0.6 is 11.8 Å². The van der Waals surface area contributed by atoms with E-state index in [2.05, 4.69) is 41.4 Å². The highest BCUT2D eigenvalue weighted by Crippen LogP contribution is 2.37. The molecule has 8 heteroatoms. The summed E-state index contributed by atoms with van der Waals surface area (Å²) in [6, 6.07) is 15.4. The SMILES string of the molecule is CCCSc1nc2n(n1)C(c1cccc(OCc3ccccc3C)c1)C(C(N)=O)=C(C)N2. The van der Waals surface area contributed by atoms with Crippen LogP contribution in [0.25, 0.3) is 0 Å². The molecule has 1 aliphatic rings. The highest BCUT2D eigenvalue weighted by atomic mass is 32.2. The molecule has 2 heterocycles. The Bertz CT molecular complexity index is 1170. The molecule has 3 N–H and O–H groups in total. The molecule has 0 radical (unpaired) electrons. The van der Waals surface area contributed by atoms with Crippen LogP contribution in [0.15, 0.2) is 65.0 Å². The Morgan fingerprint density at radius 3 is 2.78 bits per heavy atom. The Kier molecular flexibility index (Phi) is 6.50. The molecule has 0 aliphatic carbocycles. The molecule has 3 aromatic rings. The van der Waals surface area contributed by atoms with E-state index in [1.165, 1.54) is 5.56 Å². The second-order valence-corrected chi connectivity index (χ2v) is 8.79. The number of amides is 1. The highest BCUT2D eigenvalue weighted by molar-refractivity contribution is 7.99. The zero-order chi connectivity index (χ0) is 22.7. The number of ether oxygens (including phenoxy) is 1. The average molecular weight is 450 g/mol. The number of hydrogen-bond donors (Lipinski definition) is 2. The molecule has 0 saturated heterocycles. The summed E-state index contributed by atoms with van der Waals surface area (Å²) in [4.78, 5) is 17.0. The predicted molar refractivity (Wildman–Crippen MR) is 127 cm³/mol. The molecule has 4 rings (SSSR count). The molecule has 32 heavy (non-hydrogen) atoms. The van der Waals surface area contributed by atoms with E-state index < -0.39 is 11.9 Å². The number of fused-ring (bicyclic) bond motifs is 1. The van der Waals surface area contributed by atoms with E-state index in [1.54, 1.807) is 16.4 Å². The van der Waals surface area contributed by atoms with E-state index in [9.17, 15) is 4.79 Å². The number of rotatable bonds is 8. The molecule has 7 nitrogen and oxygen atoms in total. The number of nitrogens with zero attached hydrogens (tertiary/aromatic N) is 3.